The number of nitrogens with two attached hydrogens (primary N) is 1. The molecule has 5 rings (SSSR count). The molecule has 2 aromatic heterocycles. The van der Waals surface area contributed by atoms with Crippen molar-refractivity contribution < 1.29 is 21.2 Å². The fourth-order valence-corrected chi connectivity index (χ4v) is 8.40. The molecular formula is C16H22IN6-. The average molecular weight is 425 g/mol. The third kappa shape index (κ3) is 2.26. The summed E-state index contributed by atoms with van der Waals surface area (Å²) >= 11 is 0.245. The van der Waals surface area contributed by atoms with E-state index in [0.29, 0.717) is 21.8 Å². The van der Waals surface area contributed by atoms with Gasteiger partial charge in [0.2, 0.25) is 0 Å². The van der Waals surface area contributed by atoms with Gasteiger partial charge in [-0.1, -0.05) is 0 Å². The van der Waals surface area contributed by atoms with Gasteiger partial charge in [0, 0.05) is 0 Å². The molecule has 3 fully saturated rings. The number of fused-ring (bicyclic) bond motifs is 3. The quantitative estimate of drug-likeness (QED) is 0.359. The molecule has 3 N–H and O–H groups in total. The number of anilines is 1. The monoisotopic (exact) mass is 425 g/mol. The summed E-state index contributed by atoms with van der Waals surface area (Å²) in [5, 5.41) is 9.80. The zero-order chi connectivity index (χ0) is 15.4. The van der Waals surface area contributed by atoms with E-state index in [9.17, 15) is 0 Å². The minimum atomic E-state index is 0.245. The third-order valence-electron chi connectivity index (χ3n) is 5.53. The molecule has 0 aromatic carbocycles. The number of piperidine rings is 1. The number of nitrogens with one attached hydrogen (secondary N) is 1. The predicted molar refractivity (Wildman–Crippen MR) is 84.8 cm³/mol. The van der Waals surface area contributed by atoms with Crippen LogP contribution >= 0.6 is 0 Å². The second kappa shape index (κ2) is 5.54. The van der Waals surface area contributed by atoms with Gasteiger partial charge in [-0.3, -0.25) is 0 Å². The number of halogens is 1. The van der Waals surface area contributed by atoms with Crippen molar-refractivity contribution in [2.24, 2.45) is 0 Å². The van der Waals surface area contributed by atoms with Crippen molar-refractivity contribution in [3.63, 3.8) is 0 Å². The zero-order valence-corrected chi connectivity index (χ0v) is 15.2. The first kappa shape index (κ1) is 14.4. The number of rotatable bonds is 2. The van der Waals surface area contributed by atoms with E-state index in [2.05, 4.69) is 20.0 Å². The Labute approximate surface area is 145 Å². The van der Waals surface area contributed by atoms with E-state index in [1.165, 1.54) is 50.8 Å². The van der Waals surface area contributed by atoms with Crippen LogP contribution in [0.3, 0.4) is 0 Å². The van der Waals surface area contributed by atoms with E-state index in [1.807, 2.05) is 0 Å². The first-order chi connectivity index (χ1) is 11.3. The van der Waals surface area contributed by atoms with Gasteiger partial charge >= 0.3 is 146 Å². The second-order valence-corrected chi connectivity index (χ2v) is 10.8. The van der Waals surface area contributed by atoms with E-state index in [1.54, 1.807) is 6.33 Å². The van der Waals surface area contributed by atoms with Gasteiger partial charge in [-0.05, 0) is 0 Å². The van der Waals surface area contributed by atoms with Gasteiger partial charge in [0.1, 0.15) is 0 Å². The van der Waals surface area contributed by atoms with Crippen molar-refractivity contribution in [1.82, 2.24) is 25.1 Å². The Morgan fingerprint density at radius 3 is 2.83 bits per heavy atom. The summed E-state index contributed by atoms with van der Waals surface area (Å²) < 4.78 is 3.76. The van der Waals surface area contributed by atoms with Crippen LogP contribution in [0.15, 0.2) is 6.33 Å². The fraction of sp³-hybridized carbons (Fsp3) is 0.688. The average Bonchev–Trinajstić information content (AvgIpc) is 3.29. The van der Waals surface area contributed by atoms with Crippen LogP contribution in [-0.2, 0) is 0 Å². The molecule has 1 aliphatic carbocycles. The van der Waals surface area contributed by atoms with Crippen molar-refractivity contribution in [3.8, 4) is 0 Å². The molecular weight excluding hydrogens is 403 g/mol. The summed E-state index contributed by atoms with van der Waals surface area (Å²) in [4.78, 5) is 8.83. The molecule has 2 aromatic rings. The molecule has 3 unspecified atom stereocenters. The number of aromatic nitrogens is 4. The van der Waals surface area contributed by atoms with E-state index in [4.69, 9.17) is 10.8 Å². The molecule has 3 aliphatic rings. The van der Waals surface area contributed by atoms with Crippen molar-refractivity contribution >= 4 is 16.9 Å². The Morgan fingerprint density at radius 1 is 1.22 bits per heavy atom. The maximum absolute atomic E-state index is 6.24. The van der Waals surface area contributed by atoms with Crippen LogP contribution in [-0.4, -0.2) is 34.3 Å². The fourth-order valence-electron chi connectivity index (χ4n) is 4.40. The maximum atomic E-state index is 6.24. The number of hydrogen-bond acceptors (Lipinski definition) is 5. The molecule has 1 saturated carbocycles. The Kier molecular flexibility index (Phi) is 3.47. The van der Waals surface area contributed by atoms with Gasteiger partial charge in [-0.25, -0.2) is 0 Å². The number of nitrogen functional groups attached to an aromatic ring is 1. The molecule has 23 heavy (non-hydrogen) atoms. The van der Waals surface area contributed by atoms with Crippen molar-refractivity contribution in [3.05, 3.63) is 12.0 Å². The Hall–Kier alpha value is -0.960. The van der Waals surface area contributed by atoms with Gasteiger partial charge in [-0.2, -0.15) is 0 Å². The topological polar surface area (TPSA) is 81.7 Å². The number of nitrogens with zero attached hydrogens (tertiary/aromatic N) is 4. The molecule has 4 heterocycles. The summed E-state index contributed by atoms with van der Waals surface area (Å²) in [6.07, 6.45) is 9.25. The van der Waals surface area contributed by atoms with E-state index >= 15 is 0 Å². The standard InChI is InChI=1S/C16H22IN6/c18-15-12-13(9-4-2-1-3-5-9)22-23(16(12)21-8-20-15)11-6-10-7-19-14(11)17-10/h8-11,14,19H,1-7H2,(H2,18,20,21)/q-1. The molecule has 7 heteroatoms. The van der Waals surface area contributed by atoms with Crippen molar-refractivity contribution in [2.45, 2.75) is 58.5 Å². The van der Waals surface area contributed by atoms with Crippen LogP contribution in [0.25, 0.3) is 11.0 Å². The van der Waals surface area contributed by atoms with Gasteiger partial charge in [0.15, 0.2) is 0 Å². The number of alkyl halides is 2. The van der Waals surface area contributed by atoms with Crippen LogP contribution in [0.1, 0.15) is 56.2 Å². The van der Waals surface area contributed by atoms with E-state index in [-0.39, 0.29) is 21.2 Å². The molecule has 2 aliphatic heterocycles. The Balaban J connectivity index is 1.63. The summed E-state index contributed by atoms with van der Waals surface area (Å²) in [6.45, 7) is 1.21. The second-order valence-electron chi connectivity index (χ2n) is 6.96. The molecule has 0 radical (unpaired) electrons. The van der Waals surface area contributed by atoms with Crippen LogP contribution < -0.4 is 32.3 Å². The normalized spacial score (nSPS) is 31.6. The first-order valence-electron chi connectivity index (χ1n) is 8.65. The van der Waals surface area contributed by atoms with Gasteiger partial charge < -0.3 is 0 Å². The van der Waals surface area contributed by atoms with Crippen LogP contribution in [0, 0.1) is 0 Å². The van der Waals surface area contributed by atoms with Gasteiger partial charge in [0.25, 0.3) is 0 Å². The first-order valence-corrected chi connectivity index (χ1v) is 11.1. The molecule has 124 valence electrons. The van der Waals surface area contributed by atoms with E-state index < -0.39 is 0 Å². The SMILES string of the molecule is Nc1ncnc2c1c(C1CCCCC1)nn2C1CC2CNC1[I-]2. The van der Waals surface area contributed by atoms with Crippen LogP contribution in [0.5, 0.6) is 0 Å². The van der Waals surface area contributed by atoms with Gasteiger partial charge in [0.05, 0.1) is 0 Å². The molecule has 6 nitrogen and oxygen atoms in total. The van der Waals surface area contributed by atoms with Crippen LogP contribution in [0.4, 0.5) is 5.82 Å². The molecule has 0 amide bonds. The Morgan fingerprint density at radius 2 is 2.09 bits per heavy atom. The van der Waals surface area contributed by atoms with Crippen molar-refractivity contribution in [1.29, 1.82) is 0 Å². The Bertz CT molecular complexity index is 737. The summed E-state index contributed by atoms with van der Waals surface area (Å²) in [5.74, 6) is 1.13. The minimum absolute atomic E-state index is 0.245. The summed E-state index contributed by atoms with van der Waals surface area (Å²) in [7, 11) is 0. The van der Waals surface area contributed by atoms with Gasteiger partial charge in [-0.15, -0.1) is 0 Å². The van der Waals surface area contributed by atoms with Crippen LogP contribution in [0.2, 0.25) is 0 Å². The molecule has 0 spiro atoms. The predicted octanol–water partition coefficient (Wildman–Crippen LogP) is -1.21. The molecule has 2 saturated heterocycles. The molecule has 2 bridgehead atoms. The summed E-state index contributed by atoms with van der Waals surface area (Å²) in [5.41, 5.74) is 8.36. The molecule has 3 atom stereocenters. The zero-order valence-electron chi connectivity index (χ0n) is 13.1. The van der Waals surface area contributed by atoms with E-state index in [0.717, 1.165) is 15.0 Å². The third-order valence-corrected chi connectivity index (χ3v) is 9.55. The summed E-state index contributed by atoms with van der Waals surface area (Å²) in [6, 6.07) is 0.468. The number of hydrogen-bond donors (Lipinski definition) is 2. The van der Waals surface area contributed by atoms with Crippen molar-refractivity contribution in [2.75, 3.05) is 12.3 Å².